The van der Waals surface area contributed by atoms with Gasteiger partial charge in [-0.3, -0.25) is 4.79 Å². The van der Waals surface area contributed by atoms with Gasteiger partial charge in [0.2, 0.25) is 0 Å². The summed E-state index contributed by atoms with van der Waals surface area (Å²) in [5.41, 5.74) is 0. The Morgan fingerprint density at radius 3 is 2.33 bits per heavy atom. The number of carbonyl (C=O) groups excluding carboxylic acids is 1. The lowest BCUT2D eigenvalue weighted by molar-refractivity contribution is -0.173. The van der Waals surface area contributed by atoms with Crippen molar-refractivity contribution in [3.8, 4) is 0 Å². The summed E-state index contributed by atoms with van der Waals surface area (Å²) in [6.07, 6.45) is -3.12. The van der Waals surface area contributed by atoms with Crippen LogP contribution in [0.2, 0.25) is 0 Å². The fourth-order valence-corrected chi connectivity index (χ4v) is 1.42. The second-order valence-corrected chi connectivity index (χ2v) is 3.40. The zero-order chi connectivity index (χ0) is 10.6. The Labute approximate surface area is 92.2 Å². The van der Waals surface area contributed by atoms with E-state index < -0.39 is 12.1 Å². The number of rotatable bonds is 2. The van der Waals surface area contributed by atoms with E-state index in [1.165, 1.54) is 0 Å². The maximum atomic E-state index is 11.8. The molecule has 0 aromatic heterocycles. The van der Waals surface area contributed by atoms with Crippen molar-refractivity contribution < 1.29 is 18.0 Å². The molecular formula is C8H14ClF3N2O. The standard InChI is InChI=1S/C8H13F3N2O.ClH/c9-8(10,11)7(14)13-5-6-1-3-12-4-2-6;/h6,12H,1-5H2,(H,13,14);1H. The summed E-state index contributed by atoms with van der Waals surface area (Å²) in [5.74, 6) is -1.67. The van der Waals surface area contributed by atoms with Gasteiger partial charge >= 0.3 is 12.1 Å². The molecule has 0 aliphatic carbocycles. The van der Waals surface area contributed by atoms with Crippen LogP contribution in [0, 0.1) is 5.92 Å². The Morgan fingerprint density at radius 1 is 1.33 bits per heavy atom. The number of hydrogen-bond donors (Lipinski definition) is 2. The Bertz CT molecular complexity index is 205. The van der Waals surface area contributed by atoms with Crippen LogP contribution in [0.1, 0.15) is 12.8 Å². The lowest BCUT2D eigenvalue weighted by atomic mass is 9.98. The van der Waals surface area contributed by atoms with Crippen LogP contribution in [0.5, 0.6) is 0 Å². The van der Waals surface area contributed by atoms with E-state index in [9.17, 15) is 18.0 Å². The molecule has 0 spiro atoms. The lowest BCUT2D eigenvalue weighted by Crippen LogP contribution is -2.41. The molecule has 3 nitrogen and oxygen atoms in total. The smallest absolute Gasteiger partial charge is 0.348 e. The molecule has 0 atom stereocenters. The van der Waals surface area contributed by atoms with Gasteiger partial charge in [-0.05, 0) is 31.8 Å². The van der Waals surface area contributed by atoms with Crippen LogP contribution >= 0.6 is 12.4 Å². The van der Waals surface area contributed by atoms with Gasteiger partial charge in [-0.1, -0.05) is 0 Å². The highest BCUT2D eigenvalue weighted by molar-refractivity contribution is 5.85. The average Bonchev–Trinajstić information content (AvgIpc) is 2.14. The highest BCUT2D eigenvalue weighted by Crippen LogP contribution is 2.15. The zero-order valence-electron chi connectivity index (χ0n) is 8.06. The van der Waals surface area contributed by atoms with Gasteiger partial charge in [0, 0.05) is 6.54 Å². The summed E-state index contributed by atoms with van der Waals surface area (Å²) in [6, 6.07) is 0. The summed E-state index contributed by atoms with van der Waals surface area (Å²) in [4.78, 5) is 10.5. The Kier molecular flexibility index (Phi) is 5.97. The molecule has 90 valence electrons. The number of nitrogens with one attached hydrogen (secondary N) is 2. The van der Waals surface area contributed by atoms with Crippen LogP contribution in [0.25, 0.3) is 0 Å². The molecule has 0 radical (unpaired) electrons. The molecule has 7 heteroatoms. The molecule has 1 heterocycles. The van der Waals surface area contributed by atoms with E-state index >= 15 is 0 Å². The van der Waals surface area contributed by atoms with Gasteiger partial charge in [0.25, 0.3) is 0 Å². The van der Waals surface area contributed by atoms with E-state index in [4.69, 9.17) is 0 Å². The molecule has 1 rings (SSSR count). The van der Waals surface area contributed by atoms with Crippen LogP contribution in [0.4, 0.5) is 13.2 Å². The molecule has 1 aliphatic heterocycles. The number of hydrogen-bond acceptors (Lipinski definition) is 2. The Hall–Kier alpha value is -0.490. The molecule has 0 unspecified atom stereocenters. The second kappa shape index (κ2) is 6.17. The molecule has 1 amide bonds. The van der Waals surface area contributed by atoms with Crippen LogP contribution in [-0.4, -0.2) is 31.7 Å². The predicted molar refractivity (Wildman–Crippen MR) is 51.9 cm³/mol. The maximum Gasteiger partial charge on any atom is 0.471 e. The van der Waals surface area contributed by atoms with E-state index in [0.717, 1.165) is 25.9 Å². The van der Waals surface area contributed by atoms with E-state index in [1.54, 1.807) is 0 Å². The first-order valence-electron chi connectivity index (χ1n) is 4.56. The highest BCUT2D eigenvalue weighted by atomic mass is 35.5. The third-order valence-corrected chi connectivity index (χ3v) is 2.27. The monoisotopic (exact) mass is 246 g/mol. The van der Waals surface area contributed by atoms with Gasteiger partial charge in [0.05, 0.1) is 0 Å². The Balaban J connectivity index is 0.00000196. The molecule has 1 aliphatic rings. The normalized spacial score (nSPS) is 18.1. The predicted octanol–water partition coefficient (Wildman–Crippen LogP) is 1.09. The molecule has 15 heavy (non-hydrogen) atoms. The third-order valence-electron chi connectivity index (χ3n) is 2.27. The molecule has 2 N–H and O–H groups in total. The van der Waals surface area contributed by atoms with Crippen LogP contribution < -0.4 is 10.6 Å². The van der Waals surface area contributed by atoms with Gasteiger partial charge < -0.3 is 10.6 Å². The van der Waals surface area contributed by atoms with Crippen molar-refractivity contribution in [2.45, 2.75) is 19.0 Å². The molecular weight excluding hydrogens is 233 g/mol. The topological polar surface area (TPSA) is 41.1 Å². The minimum atomic E-state index is -4.76. The van der Waals surface area contributed by atoms with Crippen molar-refractivity contribution in [3.05, 3.63) is 0 Å². The van der Waals surface area contributed by atoms with Crippen LogP contribution in [0.3, 0.4) is 0 Å². The zero-order valence-corrected chi connectivity index (χ0v) is 8.88. The molecule has 0 aromatic carbocycles. The fourth-order valence-electron chi connectivity index (χ4n) is 1.42. The first-order valence-corrected chi connectivity index (χ1v) is 4.56. The maximum absolute atomic E-state index is 11.8. The highest BCUT2D eigenvalue weighted by Gasteiger charge is 2.38. The SMILES string of the molecule is Cl.O=C(NCC1CCNCC1)C(F)(F)F. The van der Waals surface area contributed by atoms with Crippen molar-refractivity contribution in [2.75, 3.05) is 19.6 Å². The fraction of sp³-hybridized carbons (Fsp3) is 0.875. The van der Waals surface area contributed by atoms with E-state index in [1.807, 2.05) is 5.32 Å². The van der Waals surface area contributed by atoms with E-state index in [-0.39, 0.29) is 24.9 Å². The second-order valence-electron chi connectivity index (χ2n) is 3.40. The minimum Gasteiger partial charge on any atom is -0.348 e. The molecule has 1 saturated heterocycles. The summed E-state index contributed by atoms with van der Waals surface area (Å²) in [5, 5.41) is 5.00. The van der Waals surface area contributed by atoms with Crippen molar-refractivity contribution in [3.63, 3.8) is 0 Å². The van der Waals surface area contributed by atoms with Crippen molar-refractivity contribution in [1.29, 1.82) is 0 Å². The van der Waals surface area contributed by atoms with E-state index in [2.05, 4.69) is 5.32 Å². The van der Waals surface area contributed by atoms with Crippen molar-refractivity contribution in [1.82, 2.24) is 10.6 Å². The first-order chi connectivity index (χ1) is 6.50. The largest absolute Gasteiger partial charge is 0.471 e. The number of alkyl halides is 3. The molecule has 0 bridgehead atoms. The first kappa shape index (κ1) is 14.5. The van der Waals surface area contributed by atoms with Crippen molar-refractivity contribution >= 4 is 18.3 Å². The van der Waals surface area contributed by atoms with Gasteiger partial charge in [0.1, 0.15) is 0 Å². The molecule has 0 aromatic rings. The third kappa shape index (κ3) is 5.22. The van der Waals surface area contributed by atoms with Gasteiger partial charge in [-0.15, -0.1) is 12.4 Å². The van der Waals surface area contributed by atoms with E-state index in [0.29, 0.717) is 0 Å². The van der Waals surface area contributed by atoms with Gasteiger partial charge in [-0.2, -0.15) is 13.2 Å². The molecule has 1 fully saturated rings. The van der Waals surface area contributed by atoms with Gasteiger partial charge in [0.15, 0.2) is 0 Å². The number of halogens is 4. The van der Waals surface area contributed by atoms with Gasteiger partial charge in [-0.25, -0.2) is 0 Å². The summed E-state index contributed by atoms with van der Waals surface area (Å²) >= 11 is 0. The quantitative estimate of drug-likeness (QED) is 0.766. The number of amides is 1. The molecule has 0 saturated carbocycles. The van der Waals surface area contributed by atoms with Crippen LogP contribution in [0.15, 0.2) is 0 Å². The number of piperidine rings is 1. The Morgan fingerprint density at radius 2 is 1.87 bits per heavy atom. The summed E-state index contributed by atoms with van der Waals surface area (Å²) in [7, 11) is 0. The number of carbonyl (C=O) groups is 1. The summed E-state index contributed by atoms with van der Waals surface area (Å²) in [6.45, 7) is 1.75. The van der Waals surface area contributed by atoms with Crippen molar-refractivity contribution in [2.24, 2.45) is 5.92 Å². The summed E-state index contributed by atoms with van der Waals surface area (Å²) < 4.78 is 35.3. The lowest BCUT2D eigenvalue weighted by Gasteiger charge is -2.22. The average molecular weight is 247 g/mol. The minimum absolute atomic E-state index is 0. The van der Waals surface area contributed by atoms with Crippen LogP contribution in [-0.2, 0) is 4.79 Å².